The van der Waals surface area contributed by atoms with Crippen LogP contribution in [0.3, 0.4) is 0 Å². The number of ether oxygens (including phenoxy) is 6. The molecular weight excluding hydrogens is 596 g/mol. The Balaban J connectivity index is 1.31. The molecule has 12 heteroatoms. The first-order valence-electron chi connectivity index (χ1n) is 14.9. The van der Waals surface area contributed by atoms with Crippen molar-refractivity contribution >= 4 is 34.3 Å². The minimum Gasteiger partial charge on any atom is -0.493 e. The van der Waals surface area contributed by atoms with Gasteiger partial charge in [0.2, 0.25) is 0 Å². The molecule has 0 saturated heterocycles. The number of benzene rings is 2. The van der Waals surface area contributed by atoms with Crippen molar-refractivity contribution in [2.24, 2.45) is 5.73 Å². The molecule has 1 atom stereocenters. The molecule has 2 aromatic carbocycles. The summed E-state index contributed by atoms with van der Waals surface area (Å²) in [5, 5.41) is 4.37. The fourth-order valence-corrected chi connectivity index (χ4v) is 5.58. The lowest BCUT2D eigenvalue weighted by atomic mass is 10.1. The van der Waals surface area contributed by atoms with E-state index in [1.165, 1.54) is 0 Å². The number of methoxy groups -OCH3 is 1. The van der Waals surface area contributed by atoms with Gasteiger partial charge in [-0.2, -0.15) is 0 Å². The lowest BCUT2D eigenvalue weighted by molar-refractivity contribution is -0.00392. The molecule has 0 aliphatic heterocycles. The van der Waals surface area contributed by atoms with Gasteiger partial charge in [-0.1, -0.05) is 24.3 Å². The Morgan fingerprint density at radius 1 is 0.867 bits per heavy atom. The van der Waals surface area contributed by atoms with Crippen LogP contribution in [0.4, 0.5) is 5.82 Å². The van der Waals surface area contributed by atoms with E-state index in [1.54, 1.807) is 18.4 Å². The number of anilines is 1. The number of nitrogens with two attached hydrogens (primary N) is 1. The summed E-state index contributed by atoms with van der Waals surface area (Å²) in [6.45, 7) is 8.67. The molecule has 0 spiro atoms. The number of aryl methyl sites for hydroxylation is 1. The Bertz CT molecular complexity index is 1500. The van der Waals surface area contributed by atoms with Gasteiger partial charge in [0.05, 0.1) is 71.5 Å². The number of thiophene rings is 1. The maximum absolute atomic E-state index is 11.5. The van der Waals surface area contributed by atoms with Gasteiger partial charge >= 0.3 is 0 Å². The van der Waals surface area contributed by atoms with E-state index in [0.29, 0.717) is 94.7 Å². The van der Waals surface area contributed by atoms with Gasteiger partial charge in [0, 0.05) is 38.9 Å². The lowest BCUT2D eigenvalue weighted by Gasteiger charge is -2.17. The Labute approximate surface area is 268 Å². The maximum atomic E-state index is 11.5. The van der Waals surface area contributed by atoms with E-state index in [0.717, 1.165) is 32.5 Å². The van der Waals surface area contributed by atoms with Crippen molar-refractivity contribution in [2.75, 3.05) is 78.4 Å². The summed E-state index contributed by atoms with van der Waals surface area (Å²) in [5.74, 6) is 2.48. The Morgan fingerprint density at radius 3 is 2.20 bits per heavy atom. The molecule has 1 unspecified atom stereocenters. The molecular formula is C33H42N4O7S. The highest BCUT2D eigenvalue weighted by molar-refractivity contribution is 7.15. The van der Waals surface area contributed by atoms with Crippen LogP contribution in [0.2, 0.25) is 0 Å². The van der Waals surface area contributed by atoms with Gasteiger partial charge in [0.25, 0.3) is 0 Å². The topological polar surface area (TPSA) is 136 Å². The third-order valence-corrected chi connectivity index (χ3v) is 8.02. The SMILES string of the molecule is COc1cc2nc(C)nc(NC(C)c3ccc(-c4ccccc4C=O)s3)c2cc1OCCOCCOCCOCCOCCN. The van der Waals surface area contributed by atoms with E-state index in [-0.39, 0.29) is 6.04 Å². The smallest absolute Gasteiger partial charge is 0.162 e. The molecule has 242 valence electrons. The van der Waals surface area contributed by atoms with Crippen LogP contribution in [0.15, 0.2) is 48.5 Å². The molecule has 4 aromatic rings. The Kier molecular flexibility index (Phi) is 14.0. The van der Waals surface area contributed by atoms with E-state index in [4.69, 9.17) is 39.1 Å². The average molecular weight is 639 g/mol. The highest BCUT2D eigenvalue weighted by atomic mass is 32.1. The standard InChI is InChI=1S/C33H42N4O7S/c1-23(31-8-9-32(45-31)26-7-5-4-6-25(26)22-38)35-33-27-20-30(29(39-3)21-28(27)36-24(2)37-33)44-19-18-43-17-16-42-15-14-41-13-12-40-11-10-34/h4-9,20-23H,10-19,34H2,1-3H3,(H,35,36,37). The number of fused-ring (bicyclic) bond motifs is 1. The summed E-state index contributed by atoms with van der Waals surface area (Å²) in [7, 11) is 1.60. The van der Waals surface area contributed by atoms with E-state index in [1.807, 2.05) is 49.4 Å². The van der Waals surface area contributed by atoms with Crippen molar-refractivity contribution in [1.82, 2.24) is 9.97 Å². The van der Waals surface area contributed by atoms with Crippen LogP contribution in [0.25, 0.3) is 21.3 Å². The first kappa shape index (κ1) is 34.2. The van der Waals surface area contributed by atoms with Crippen LogP contribution >= 0.6 is 11.3 Å². The van der Waals surface area contributed by atoms with Gasteiger partial charge in [0.1, 0.15) is 18.2 Å². The minimum absolute atomic E-state index is 0.0476. The monoisotopic (exact) mass is 638 g/mol. The highest BCUT2D eigenvalue weighted by Crippen LogP contribution is 2.37. The summed E-state index contributed by atoms with van der Waals surface area (Å²) < 4.78 is 33.5. The van der Waals surface area contributed by atoms with Crippen molar-refractivity contribution in [3.05, 3.63) is 64.8 Å². The fraction of sp³-hybridized carbons (Fsp3) is 0.424. The average Bonchev–Trinajstić information content (AvgIpc) is 3.55. The normalized spacial score (nSPS) is 11.9. The summed E-state index contributed by atoms with van der Waals surface area (Å²) in [6, 6.07) is 15.4. The largest absolute Gasteiger partial charge is 0.493 e. The van der Waals surface area contributed by atoms with E-state index in [9.17, 15) is 4.79 Å². The van der Waals surface area contributed by atoms with Gasteiger partial charge in [0.15, 0.2) is 17.8 Å². The van der Waals surface area contributed by atoms with Gasteiger partial charge < -0.3 is 39.5 Å². The summed E-state index contributed by atoms with van der Waals surface area (Å²) in [4.78, 5) is 23.0. The van der Waals surface area contributed by atoms with E-state index >= 15 is 0 Å². The van der Waals surface area contributed by atoms with Crippen LogP contribution < -0.4 is 20.5 Å². The molecule has 0 fully saturated rings. The number of hydrogen-bond acceptors (Lipinski definition) is 12. The van der Waals surface area contributed by atoms with E-state index < -0.39 is 0 Å². The van der Waals surface area contributed by atoms with Crippen LogP contribution in [0, 0.1) is 6.92 Å². The van der Waals surface area contributed by atoms with Crippen molar-refractivity contribution in [3.8, 4) is 21.9 Å². The molecule has 0 radical (unpaired) electrons. The third kappa shape index (κ3) is 10.2. The number of nitrogens with one attached hydrogen (secondary N) is 1. The molecule has 2 aromatic heterocycles. The molecule has 0 amide bonds. The highest BCUT2D eigenvalue weighted by Gasteiger charge is 2.17. The van der Waals surface area contributed by atoms with Gasteiger partial charge in [-0.25, -0.2) is 9.97 Å². The minimum atomic E-state index is -0.0476. The predicted octanol–water partition coefficient (Wildman–Crippen LogP) is 5.06. The quantitative estimate of drug-likeness (QED) is 0.0936. The molecule has 0 aliphatic carbocycles. The summed E-state index contributed by atoms with van der Waals surface area (Å²) in [5.41, 5.74) is 7.71. The molecule has 3 N–H and O–H groups in total. The van der Waals surface area contributed by atoms with E-state index in [2.05, 4.69) is 23.3 Å². The van der Waals surface area contributed by atoms with Gasteiger partial charge in [-0.15, -0.1) is 11.3 Å². The van der Waals surface area contributed by atoms with Crippen LogP contribution in [0.1, 0.15) is 34.0 Å². The second-order valence-electron chi connectivity index (χ2n) is 10.00. The number of rotatable bonds is 21. The number of carbonyl (C=O) groups excluding carboxylic acids is 1. The summed E-state index contributed by atoms with van der Waals surface area (Å²) >= 11 is 1.64. The third-order valence-electron chi connectivity index (χ3n) is 6.72. The fourth-order valence-electron chi connectivity index (χ4n) is 4.52. The first-order chi connectivity index (χ1) is 22.0. The zero-order valence-electron chi connectivity index (χ0n) is 26.1. The lowest BCUT2D eigenvalue weighted by Crippen LogP contribution is -2.15. The molecule has 45 heavy (non-hydrogen) atoms. The van der Waals surface area contributed by atoms with Crippen molar-refractivity contribution < 1.29 is 33.2 Å². The Hall–Kier alpha value is -3.65. The molecule has 2 heterocycles. The van der Waals surface area contributed by atoms with Crippen molar-refractivity contribution in [3.63, 3.8) is 0 Å². The maximum Gasteiger partial charge on any atom is 0.162 e. The number of carbonyl (C=O) groups is 1. The molecule has 0 saturated carbocycles. The number of aldehydes is 1. The molecule has 4 rings (SSSR count). The first-order valence-corrected chi connectivity index (χ1v) is 15.8. The number of hydrogen-bond donors (Lipinski definition) is 2. The second-order valence-corrected chi connectivity index (χ2v) is 11.1. The van der Waals surface area contributed by atoms with Gasteiger partial charge in [-0.3, -0.25) is 4.79 Å². The second kappa shape index (κ2) is 18.4. The number of nitrogens with zero attached hydrogens (tertiary/aromatic N) is 2. The van der Waals surface area contributed by atoms with Crippen molar-refractivity contribution in [1.29, 1.82) is 0 Å². The zero-order chi connectivity index (χ0) is 31.9. The zero-order valence-corrected chi connectivity index (χ0v) is 26.9. The van der Waals surface area contributed by atoms with Crippen molar-refractivity contribution in [2.45, 2.75) is 19.9 Å². The summed E-state index contributed by atoms with van der Waals surface area (Å²) in [6.07, 6.45) is 0.892. The van der Waals surface area contributed by atoms with Crippen LogP contribution in [-0.2, 0) is 18.9 Å². The predicted molar refractivity (Wildman–Crippen MR) is 176 cm³/mol. The molecule has 0 aliphatic rings. The van der Waals surface area contributed by atoms with Crippen LogP contribution in [0.5, 0.6) is 11.5 Å². The molecule has 0 bridgehead atoms. The Morgan fingerprint density at radius 2 is 1.53 bits per heavy atom. The van der Waals surface area contributed by atoms with Crippen LogP contribution in [-0.4, -0.2) is 89.4 Å². The number of aromatic nitrogens is 2. The van der Waals surface area contributed by atoms with Gasteiger partial charge in [-0.05, 0) is 32.0 Å². The molecule has 11 nitrogen and oxygen atoms in total.